The van der Waals surface area contributed by atoms with Gasteiger partial charge < -0.3 is 9.72 Å². The third kappa shape index (κ3) is 3.18. The molecule has 1 aromatic carbocycles. The highest BCUT2D eigenvalue weighted by Crippen LogP contribution is 2.30. The maximum absolute atomic E-state index is 11.9. The SMILES string of the molecule is O=C(CCSC1CCCC1)Oc1cccc2[nH]ccc12. The van der Waals surface area contributed by atoms with Crippen LogP contribution in [-0.4, -0.2) is 22.0 Å². The Balaban J connectivity index is 1.52. The van der Waals surface area contributed by atoms with Crippen molar-refractivity contribution in [1.29, 1.82) is 0 Å². The molecule has 0 aliphatic heterocycles. The van der Waals surface area contributed by atoms with Crippen LogP contribution in [0.5, 0.6) is 5.75 Å². The number of H-pyrrole nitrogens is 1. The van der Waals surface area contributed by atoms with E-state index in [1.165, 1.54) is 25.7 Å². The second-order valence-electron chi connectivity index (χ2n) is 5.20. The van der Waals surface area contributed by atoms with Gasteiger partial charge in [-0.2, -0.15) is 11.8 Å². The molecule has 1 aliphatic rings. The quantitative estimate of drug-likeness (QED) is 0.664. The summed E-state index contributed by atoms with van der Waals surface area (Å²) in [5, 5.41) is 1.72. The number of ether oxygens (including phenoxy) is 1. The molecule has 1 heterocycles. The molecule has 0 unspecified atom stereocenters. The summed E-state index contributed by atoms with van der Waals surface area (Å²) in [6.07, 6.45) is 7.65. The standard InChI is InChI=1S/C16H19NO2S/c18-16(9-11-20-12-4-1-2-5-12)19-15-7-3-6-14-13(15)8-10-17-14/h3,6-8,10,12,17H,1-2,4-5,9,11H2. The zero-order valence-electron chi connectivity index (χ0n) is 11.4. The minimum absolute atomic E-state index is 0.135. The predicted molar refractivity (Wildman–Crippen MR) is 83.3 cm³/mol. The first-order valence-corrected chi connectivity index (χ1v) is 8.26. The van der Waals surface area contributed by atoms with Crippen molar-refractivity contribution in [3.63, 3.8) is 0 Å². The van der Waals surface area contributed by atoms with Crippen molar-refractivity contribution < 1.29 is 9.53 Å². The number of carbonyl (C=O) groups excluding carboxylic acids is 1. The summed E-state index contributed by atoms with van der Waals surface area (Å²) in [4.78, 5) is 15.0. The summed E-state index contributed by atoms with van der Waals surface area (Å²) < 4.78 is 5.48. The largest absolute Gasteiger partial charge is 0.426 e. The maximum Gasteiger partial charge on any atom is 0.312 e. The monoisotopic (exact) mass is 289 g/mol. The summed E-state index contributed by atoms with van der Waals surface area (Å²) in [6.45, 7) is 0. The lowest BCUT2D eigenvalue weighted by Gasteiger charge is -2.08. The number of esters is 1. The molecule has 0 radical (unpaired) electrons. The number of nitrogens with one attached hydrogen (secondary N) is 1. The Labute approximate surface area is 123 Å². The molecule has 3 rings (SSSR count). The molecule has 0 atom stereocenters. The second kappa shape index (κ2) is 6.35. The molecule has 0 saturated heterocycles. The van der Waals surface area contributed by atoms with E-state index >= 15 is 0 Å². The molecule has 2 aromatic rings. The summed E-state index contributed by atoms with van der Waals surface area (Å²) in [5.74, 6) is 1.39. The third-order valence-electron chi connectivity index (χ3n) is 3.74. The predicted octanol–water partition coefficient (Wildman–Crippen LogP) is 4.14. The molecule has 1 aromatic heterocycles. The van der Waals surface area contributed by atoms with E-state index in [0.29, 0.717) is 12.2 Å². The molecule has 1 aliphatic carbocycles. The first kappa shape index (κ1) is 13.6. The number of benzene rings is 1. The number of carbonyl (C=O) groups is 1. The van der Waals surface area contributed by atoms with Crippen LogP contribution in [-0.2, 0) is 4.79 Å². The average Bonchev–Trinajstić information content (AvgIpc) is 3.09. The summed E-state index contributed by atoms with van der Waals surface area (Å²) in [7, 11) is 0. The molecule has 1 N–H and O–H groups in total. The van der Waals surface area contributed by atoms with E-state index in [-0.39, 0.29) is 5.97 Å². The van der Waals surface area contributed by atoms with E-state index in [4.69, 9.17) is 4.74 Å². The highest BCUT2D eigenvalue weighted by Gasteiger charge is 2.16. The highest BCUT2D eigenvalue weighted by atomic mass is 32.2. The van der Waals surface area contributed by atoms with Crippen molar-refractivity contribution in [3.05, 3.63) is 30.5 Å². The Bertz CT molecular complexity index is 587. The summed E-state index contributed by atoms with van der Waals surface area (Å²) in [5.41, 5.74) is 0.996. The highest BCUT2D eigenvalue weighted by molar-refractivity contribution is 7.99. The molecular formula is C16H19NO2S. The molecule has 20 heavy (non-hydrogen) atoms. The number of fused-ring (bicyclic) bond motifs is 1. The second-order valence-corrected chi connectivity index (χ2v) is 6.60. The summed E-state index contributed by atoms with van der Waals surface area (Å²) >= 11 is 1.92. The van der Waals surface area contributed by atoms with Crippen LogP contribution in [0.1, 0.15) is 32.1 Å². The van der Waals surface area contributed by atoms with E-state index in [9.17, 15) is 4.79 Å². The van der Waals surface area contributed by atoms with E-state index in [0.717, 1.165) is 21.9 Å². The summed E-state index contributed by atoms with van der Waals surface area (Å²) in [6, 6.07) is 7.65. The van der Waals surface area contributed by atoms with Crippen molar-refractivity contribution in [2.24, 2.45) is 0 Å². The minimum Gasteiger partial charge on any atom is -0.426 e. The Morgan fingerprint density at radius 2 is 2.15 bits per heavy atom. The number of hydrogen-bond donors (Lipinski definition) is 1. The van der Waals surface area contributed by atoms with Gasteiger partial charge in [0.15, 0.2) is 0 Å². The fourth-order valence-corrected chi connectivity index (χ4v) is 3.97. The van der Waals surface area contributed by atoms with Gasteiger partial charge in [-0.1, -0.05) is 18.9 Å². The Morgan fingerprint density at radius 1 is 1.30 bits per heavy atom. The third-order valence-corrected chi connectivity index (χ3v) is 5.12. The molecule has 4 heteroatoms. The van der Waals surface area contributed by atoms with Crippen molar-refractivity contribution in [2.75, 3.05) is 5.75 Å². The maximum atomic E-state index is 11.9. The number of hydrogen-bond acceptors (Lipinski definition) is 3. The van der Waals surface area contributed by atoms with E-state index in [2.05, 4.69) is 4.98 Å². The average molecular weight is 289 g/mol. The molecular weight excluding hydrogens is 270 g/mol. The van der Waals surface area contributed by atoms with Crippen LogP contribution in [0.2, 0.25) is 0 Å². The van der Waals surface area contributed by atoms with E-state index < -0.39 is 0 Å². The zero-order valence-corrected chi connectivity index (χ0v) is 12.2. The molecule has 106 valence electrons. The number of aromatic nitrogens is 1. The van der Waals surface area contributed by atoms with Gasteiger partial charge in [0.2, 0.25) is 0 Å². The molecule has 1 saturated carbocycles. The molecule has 0 amide bonds. The van der Waals surface area contributed by atoms with Gasteiger partial charge in [0, 0.05) is 28.1 Å². The smallest absolute Gasteiger partial charge is 0.312 e. The van der Waals surface area contributed by atoms with Crippen LogP contribution in [0.25, 0.3) is 10.9 Å². The van der Waals surface area contributed by atoms with Crippen LogP contribution >= 0.6 is 11.8 Å². The molecule has 0 spiro atoms. The van der Waals surface area contributed by atoms with Gasteiger partial charge in [-0.15, -0.1) is 0 Å². The van der Waals surface area contributed by atoms with Gasteiger partial charge in [-0.05, 0) is 31.0 Å². The van der Waals surface area contributed by atoms with Crippen LogP contribution in [0.3, 0.4) is 0 Å². The van der Waals surface area contributed by atoms with Crippen LogP contribution < -0.4 is 4.74 Å². The van der Waals surface area contributed by atoms with Crippen LogP contribution in [0.4, 0.5) is 0 Å². The van der Waals surface area contributed by atoms with Crippen molar-refractivity contribution in [1.82, 2.24) is 4.98 Å². The van der Waals surface area contributed by atoms with Crippen LogP contribution in [0.15, 0.2) is 30.5 Å². The fraction of sp³-hybridized carbons (Fsp3) is 0.438. The normalized spacial score (nSPS) is 15.8. The topological polar surface area (TPSA) is 42.1 Å². The van der Waals surface area contributed by atoms with Crippen molar-refractivity contribution >= 4 is 28.6 Å². The lowest BCUT2D eigenvalue weighted by Crippen LogP contribution is -2.10. The lowest BCUT2D eigenvalue weighted by molar-refractivity contribution is -0.133. The van der Waals surface area contributed by atoms with Crippen LogP contribution in [0, 0.1) is 0 Å². The van der Waals surface area contributed by atoms with Crippen molar-refractivity contribution in [2.45, 2.75) is 37.4 Å². The van der Waals surface area contributed by atoms with Gasteiger partial charge in [-0.25, -0.2) is 0 Å². The number of aromatic amines is 1. The van der Waals surface area contributed by atoms with Gasteiger partial charge in [0.1, 0.15) is 5.75 Å². The first-order chi connectivity index (χ1) is 9.83. The first-order valence-electron chi connectivity index (χ1n) is 7.21. The number of rotatable bonds is 5. The minimum atomic E-state index is -0.135. The van der Waals surface area contributed by atoms with E-state index in [1.54, 1.807) is 0 Å². The fourth-order valence-electron chi connectivity index (χ4n) is 2.68. The Hall–Kier alpha value is -1.42. The van der Waals surface area contributed by atoms with Gasteiger partial charge in [0.05, 0.1) is 6.42 Å². The van der Waals surface area contributed by atoms with Gasteiger partial charge >= 0.3 is 5.97 Å². The Kier molecular flexibility index (Phi) is 4.31. The van der Waals surface area contributed by atoms with Gasteiger partial charge in [-0.3, -0.25) is 4.79 Å². The molecule has 3 nitrogen and oxygen atoms in total. The molecule has 1 fully saturated rings. The van der Waals surface area contributed by atoms with Crippen molar-refractivity contribution in [3.8, 4) is 5.75 Å². The molecule has 0 bridgehead atoms. The Morgan fingerprint density at radius 3 is 3.00 bits per heavy atom. The lowest BCUT2D eigenvalue weighted by atomic mass is 10.2. The number of thioether (sulfide) groups is 1. The van der Waals surface area contributed by atoms with E-state index in [1.807, 2.05) is 42.2 Å². The zero-order chi connectivity index (χ0) is 13.8. The van der Waals surface area contributed by atoms with Gasteiger partial charge in [0.25, 0.3) is 0 Å².